The van der Waals surface area contributed by atoms with Gasteiger partial charge in [-0.05, 0) is 6.92 Å². The molecule has 0 aromatic heterocycles. The Morgan fingerprint density at radius 2 is 1.33 bits per heavy atom. The molecule has 0 N–H and O–H groups in total. The highest BCUT2D eigenvalue weighted by Gasteiger charge is 2.43. The third kappa shape index (κ3) is 2.10. The molecule has 0 aromatic rings. The van der Waals surface area contributed by atoms with Crippen LogP contribution in [0, 0.1) is 0 Å². The van der Waals surface area contributed by atoms with Crippen LogP contribution in [0.3, 0.4) is 0 Å². The van der Waals surface area contributed by atoms with Crippen LogP contribution in [0.25, 0.3) is 0 Å². The summed E-state index contributed by atoms with van der Waals surface area (Å²) in [5, 5.41) is -0.255. The molecule has 0 saturated heterocycles. The first-order chi connectivity index (χ1) is 5.54. The van der Waals surface area contributed by atoms with E-state index in [0.717, 1.165) is 0 Å². The summed E-state index contributed by atoms with van der Waals surface area (Å²) in [5.41, 5.74) is 0. The van der Waals surface area contributed by atoms with Gasteiger partial charge < -0.3 is 13.3 Å². The Morgan fingerprint density at radius 3 is 1.42 bits per heavy atom. The van der Waals surface area contributed by atoms with Crippen molar-refractivity contribution >= 4 is 8.80 Å². The standard InChI is InChI=1S/C6H12F2O3Si/c1-5(6(7)8)12(9-2,10-3)11-4/h1-4H3. The fraction of sp³-hybridized carbons (Fsp3) is 0.667. The van der Waals surface area contributed by atoms with Crippen molar-refractivity contribution in [2.45, 2.75) is 6.92 Å². The molecule has 0 bridgehead atoms. The van der Waals surface area contributed by atoms with Crippen LogP contribution in [0.2, 0.25) is 0 Å². The Morgan fingerprint density at radius 1 is 1.00 bits per heavy atom. The van der Waals surface area contributed by atoms with Crippen molar-refractivity contribution in [1.82, 2.24) is 0 Å². The molecule has 0 radical (unpaired) electrons. The summed E-state index contributed by atoms with van der Waals surface area (Å²) >= 11 is 0. The topological polar surface area (TPSA) is 27.7 Å². The summed E-state index contributed by atoms with van der Waals surface area (Å²) in [6.45, 7) is 1.23. The Bertz CT molecular complexity index is 167. The molecule has 0 aliphatic carbocycles. The molecule has 3 nitrogen and oxygen atoms in total. The van der Waals surface area contributed by atoms with Gasteiger partial charge in [-0.15, -0.1) is 0 Å². The largest absolute Gasteiger partial charge is 0.537 e. The summed E-state index contributed by atoms with van der Waals surface area (Å²) in [7, 11) is 0.596. The lowest BCUT2D eigenvalue weighted by Crippen LogP contribution is -2.44. The molecule has 0 fully saturated rings. The zero-order valence-corrected chi connectivity index (χ0v) is 8.48. The van der Waals surface area contributed by atoms with Gasteiger partial charge in [0.1, 0.15) is 0 Å². The maximum atomic E-state index is 12.2. The summed E-state index contributed by atoms with van der Waals surface area (Å²) in [5.74, 6) is 0. The maximum Gasteiger partial charge on any atom is 0.537 e. The number of rotatable bonds is 4. The SMILES string of the molecule is CO[Si](OC)(OC)C(C)=C(F)F. The highest BCUT2D eigenvalue weighted by molar-refractivity contribution is 6.68. The Hall–Kier alpha value is -0.303. The second-order valence-electron chi connectivity index (χ2n) is 2.05. The van der Waals surface area contributed by atoms with Gasteiger partial charge in [0.15, 0.2) is 0 Å². The van der Waals surface area contributed by atoms with Crippen LogP contribution in [0.1, 0.15) is 6.92 Å². The highest BCUT2D eigenvalue weighted by Crippen LogP contribution is 2.21. The Kier molecular flexibility index (Phi) is 4.54. The van der Waals surface area contributed by atoms with Gasteiger partial charge in [-0.1, -0.05) is 0 Å². The third-order valence-corrected chi connectivity index (χ3v) is 4.27. The van der Waals surface area contributed by atoms with Crippen molar-refractivity contribution in [2.75, 3.05) is 21.3 Å². The number of halogens is 2. The van der Waals surface area contributed by atoms with E-state index in [1.165, 1.54) is 28.3 Å². The zero-order chi connectivity index (χ0) is 9.78. The van der Waals surface area contributed by atoms with E-state index in [0.29, 0.717) is 0 Å². The van der Waals surface area contributed by atoms with E-state index in [-0.39, 0.29) is 5.20 Å². The molecule has 0 spiro atoms. The van der Waals surface area contributed by atoms with Gasteiger partial charge in [-0.2, -0.15) is 8.78 Å². The third-order valence-electron chi connectivity index (χ3n) is 1.55. The first kappa shape index (κ1) is 11.7. The Labute approximate surface area is 71.3 Å². The number of allylic oxidation sites excluding steroid dienone is 1. The van der Waals surface area contributed by atoms with Crippen molar-refractivity contribution in [3.8, 4) is 0 Å². The van der Waals surface area contributed by atoms with E-state index in [4.69, 9.17) is 13.3 Å². The zero-order valence-electron chi connectivity index (χ0n) is 7.48. The average Bonchev–Trinajstić information content (AvgIpc) is 2.08. The fourth-order valence-electron chi connectivity index (χ4n) is 0.825. The van der Waals surface area contributed by atoms with Gasteiger partial charge in [-0.25, -0.2) is 0 Å². The summed E-state index contributed by atoms with van der Waals surface area (Å²) in [6.07, 6.45) is -1.81. The van der Waals surface area contributed by atoms with Crippen LogP contribution < -0.4 is 0 Å². The average molecular weight is 198 g/mol. The molecule has 12 heavy (non-hydrogen) atoms. The molecule has 0 atom stereocenters. The Balaban J connectivity index is 4.84. The summed E-state index contributed by atoms with van der Waals surface area (Å²) in [4.78, 5) is 0. The van der Waals surface area contributed by atoms with E-state index >= 15 is 0 Å². The van der Waals surface area contributed by atoms with Crippen LogP contribution in [-0.4, -0.2) is 30.1 Å². The number of hydrogen-bond donors (Lipinski definition) is 0. The second-order valence-corrected chi connectivity index (χ2v) is 5.14. The lowest BCUT2D eigenvalue weighted by molar-refractivity contribution is 0.132. The molecular formula is C6H12F2O3Si. The quantitative estimate of drug-likeness (QED) is 0.642. The molecule has 0 aliphatic heterocycles. The van der Waals surface area contributed by atoms with Crippen LogP contribution >= 0.6 is 0 Å². The molecule has 0 rings (SSSR count). The molecule has 0 aliphatic rings. The van der Waals surface area contributed by atoms with Crippen molar-refractivity contribution < 1.29 is 22.1 Å². The van der Waals surface area contributed by atoms with Gasteiger partial charge in [-0.3, -0.25) is 0 Å². The molecule has 0 heterocycles. The van der Waals surface area contributed by atoms with Crippen LogP contribution in [0.4, 0.5) is 8.78 Å². The first-order valence-corrected chi connectivity index (χ1v) is 4.94. The van der Waals surface area contributed by atoms with Crippen LogP contribution in [-0.2, 0) is 13.3 Å². The molecule has 72 valence electrons. The lowest BCUT2D eigenvalue weighted by Gasteiger charge is -2.23. The van der Waals surface area contributed by atoms with Crippen molar-refractivity contribution in [1.29, 1.82) is 0 Å². The predicted molar refractivity (Wildman–Crippen MR) is 41.7 cm³/mol. The van der Waals surface area contributed by atoms with Gasteiger partial charge in [0, 0.05) is 21.3 Å². The minimum Gasteiger partial charge on any atom is -0.373 e. The van der Waals surface area contributed by atoms with Crippen molar-refractivity contribution in [3.05, 3.63) is 11.3 Å². The molecular weight excluding hydrogens is 186 g/mol. The predicted octanol–water partition coefficient (Wildman–Crippen LogP) is 1.57. The lowest BCUT2D eigenvalue weighted by atomic mass is 10.7. The summed E-state index contributed by atoms with van der Waals surface area (Å²) in [6, 6.07) is 0. The van der Waals surface area contributed by atoms with Gasteiger partial charge in [0.05, 0.1) is 5.20 Å². The number of hydrogen-bond acceptors (Lipinski definition) is 3. The van der Waals surface area contributed by atoms with Crippen LogP contribution in [0.15, 0.2) is 11.3 Å². The molecule has 6 heteroatoms. The first-order valence-electron chi connectivity index (χ1n) is 3.22. The van der Waals surface area contributed by atoms with Gasteiger partial charge in [0.2, 0.25) is 0 Å². The minimum atomic E-state index is -3.25. The van der Waals surface area contributed by atoms with E-state index in [1.54, 1.807) is 0 Å². The molecule has 0 aromatic carbocycles. The normalized spacial score (nSPS) is 11.5. The smallest absolute Gasteiger partial charge is 0.373 e. The van der Waals surface area contributed by atoms with Gasteiger partial charge in [0.25, 0.3) is 6.08 Å². The van der Waals surface area contributed by atoms with Gasteiger partial charge >= 0.3 is 8.80 Å². The second kappa shape index (κ2) is 4.66. The molecule has 0 amide bonds. The monoisotopic (exact) mass is 198 g/mol. The van der Waals surface area contributed by atoms with E-state index in [9.17, 15) is 8.78 Å². The summed E-state index contributed by atoms with van der Waals surface area (Å²) < 4.78 is 38.8. The van der Waals surface area contributed by atoms with E-state index < -0.39 is 14.9 Å². The maximum absolute atomic E-state index is 12.2. The van der Waals surface area contributed by atoms with E-state index in [2.05, 4.69) is 0 Å². The highest BCUT2D eigenvalue weighted by atomic mass is 28.4. The van der Waals surface area contributed by atoms with Crippen molar-refractivity contribution in [2.24, 2.45) is 0 Å². The molecule has 0 saturated carbocycles. The van der Waals surface area contributed by atoms with Crippen LogP contribution in [0.5, 0.6) is 0 Å². The molecule has 0 unspecified atom stereocenters. The minimum absolute atomic E-state index is 0.255. The fourth-order valence-corrected chi connectivity index (χ4v) is 2.48. The van der Waals surface area contributed by atoms with E-state index in [1.807, 2.05) is 0 Å². The van der Waals surface area contributed by atoms with Crippen molar-refractivity contribution in [3.63, 3.8) is 0 Å².